The van der Waals surface area contributed by atoms with Crippen LogP contribution in [0.3, 0.4) is 0 Å². The molecular weight excluding hydrogens is 254 g/mol. The lowest BCUT2D eigenvalue weighted by atomic mass is 10.3. The number of nitrogens with zero attached hydrogens (tertiary/aromatic N) is 2. The fraction of sp³-hybridized carbons (Fsp3) is 0.0909. The van der Waals surface area contributed by atoms with Gasteiger partial charge < -0.3 is 5.32 Å². The standard InChI is InChI=1S/C11H10BrN3/c1-8-5-11(14-7-10(8)12)15-9-3-2-4-13-6-9/h2-7H,1H3,(H,14,15). The Morgan fingerprint density at radius 1 is 1.33 bits per heavy atom. The molecule has 0 bridgehead atoms. The Balaban J connectivity index is 2.22. The molecule has 76 valence electrons. The van der Waals surface area contributed by atoms with Gasteiger partial charge in [-0.2, -0.15) is 0 Å². The molecule has 15 heavy (non-hydrogen) atoms. The highest BCUT2D eigenvalue weighted by Gasteiger charge is 1.98. The highest BCUT2D eigenvalue weighted by atomic mass is 79.9. The van der Waals surface area contributed by atoms with Gasteiger partial charge in [-0.1, -0.05) is 0 Å². The van der Waals surface area contributed by atoms with Gasteiger partial charge in [-0.3, -0.25) is 4.98 Å². The van der Waals surface area contributed by atoms with E-state index >= 15 is 0 Å². The second-order valence-electron chi connectivity index (χ2n) is 3.19. The molecule has 2 heterocycles. The minimum absolute atomic E-state index is 0.823. The predicted octanol–water partition coefficient (Wildman–Crippen LogP) is 3.29. The lowest BCUT2D eigenvalue weighted by Gasteiger charge is -2.06. The largest absolute Gasteiger partial charge is 0.339 e. The third-order valence-electron chi connectivity index (χ3n) is 1.98. The zero-order chi connectivity index (χ0) is 10.7. The smallest absolute Gasteiger partial charge is 0.130 e. The molecule has 0 radical (unpaired) electrons. The van der Waals surface area contributed by atoms with Crippen molar-refractivity contribution in [3.05, 3.63) is 46.8 Å². The van der Waals surface area contributed by atoms with Crippen LogP contribution < -0.4 is 5.32 Å². The third-order valence-corrected chi connectivity index (χ3v) is 2.81. The zero-order valence-corrected chi connectivity index (χ0v) is 9.82. The van der Waals surface area contributed by atoms with Gasteiger partial charge in [-0.05, 0) is 46.6 Å². The topological polar surface area (TPSA) is 37.8 Å². The number of anilines is 2. The van der Waals surface area contributed by atoms with Crippen molar-refractivity contribution in [2.24, 2.45) is 0 Å². The van der Waals surface area contributed by atoms with Crippen LogP contribution in [0.4, 0.5) is 11.5 Å². The van der Waals surface area contributed by atoms with Crippen molar-refractivity contribution in [1.29, 1.82) is 0 Å². The molecule has 2 rings (SSSR count). The average Bonchev–Trinajstić information content (AvgIpc) is 2.25. The molecular formula is C11H10BrN3. The van der Waals surface area contributed by atoms with Gasteiger partial charge in [0, 0.05) is 16.9 Å². The van der Waals surface area contributed by atoms with Gasteiger partial charge in [0.05, 0.1) is 11.9 Å². The molecule has 0 spiro atoms. The van der Waals surface area contributed by atoms with Gasteiger partial charge in [0.15, 0.2) is 0 Å². The van der Waals surface area contributed by atoms with E-state index in [0.29, 0.717) is 0 Å². The minimum atomic E-state index is 0.823. The van der Waals surface area contributed by atoms with E-state index in [4.69, 9.17) is 0 Å². The van der Waals surface area contributed by atoms with Crippen LogP contribution in [0.1, 0.15) is 5.56 Å². The van der Waals surface area contributed by atoms with E-state index < -0.39 is 0 Å². The highest BCUT2D eigenvalue weighted by Crippen LogP contribution is 2.19. The Morgan fingerprint density at radius 2 is 2.20 bits per heavy atom. The summed E-state index contributed by atoms with van der Waals surface area (Å²) in [6, 6.07) is 5.82. The van der Waals surface area contributed by atoms with Crippen molar-refractivity contribution in [1.82, 2.24) is 9.97 Å². The van der Waals surface area contributed by atoms with Crippen LogP contribution in [0, 0.1) is 6.92 Å². The van der Waals surface area contributed by atoms with Crippen molar-refractivity contribution < 1.29 is 0 Å². The summed E-state index contributed by atoms with van der Waals surface area (Å²) in [5, 5.41) is 3.18. The first-order valence-electron chi connectivity index (χ1n) is 4.55. The molecule has 0 saturated carbocycles. The molecule has 0 amide bonds. The number of rotatable bonds is 2. The summed E-state index contributed by atoms with van der Waals surface area (Å²) in [6.45, 7) is 2.03. The molecule has 0 saturated heterocycles. The van der Waals surface area contributed by atoms with Crippen molar-refractivity contribution in [2.45, 2.75) is 6.92 Å². The van der Waals surface area contributed by atoms with E-state index in [9.17, 15) is 0 Å². The Labute approximate surface area is 96.7 Å². The molecule has 0 unspecified atom stereocenters. The van der Waals surface area contributed by atoms with E-state index in [-0.39, 0.29) is 0 Å². The Bertz CT molecular complexity index is 457. The van der Waals surface area contributed by atoms with Crippen molar-refractivity contribution in [3.63, 3.8) is 0 Å². The molecule has 2 aromatic heterocycles. The van der Waals surface area contributed by atoms with Crippen LogP contribution in [-0.2, 0) is 0 Å². The molecule has 2 aromatic rings. The number of hydrogen-bond donors (Lipinski definition) is 1. The van der Waals surface area contributed by atoms with Crippen molar-refractivity contribution in [3.8, 4) is 0 Å². The Kier molecular flexibility index (Phi) is 2.97. The van der Waals surface area contributed by atoms with Crippen LogP contribution >= 0.6 is 15.9 Å². The maximum atomic E-state index is 4.25. The van der Waals surface area contributed by atoms with Gasteiger partial charge in [0.1, 0.15) is 5.82 Å². The zero-order valence-electron chi connectivity index (χ0n) is 8.24. The van der Waals surface area contributed by atoms with Gasteiger partial charge in [-0.15, -0.1) is 0 Å². The van der Waals surface area contributed by atoms with Gasteiger partial charge in [0.25, 0.3) is 0 Å². The van der Waals surface area contributed by atoms with E-state index in [2.05, 4.69) is 31.2 Å². The fourth-order valence-electron chi connectivity index (χ4n) is 1.19. The number of pyridine rings is 2. The van der Waals surface area contributed by atoms with E-state index in [1.54, 1.807) is 18.6 Å². The second-order valence-corrected chi connectivity index (χ2v) is 4.04. The van der Waals surface area contributed by atoms with Gasteiger partial charge in [-0.25, -0.2) is 4.98 Å². The predicted molar refractivity (Wildman–Crippen MR) is 64.2 cm³/mol. The molecule has 4 heteroatoms. The number of halogens is 1. The molecule has 0 aliphatic heterocycles. The molecule has 0 atom stereocenters. The van der Waals surface area contributed by atoms with Crippen molar-refractivity contribution >= 4 is 27.4 Å². The van der Waals surface area contributed by atoms with E-state index in [1.807, 2.05) is 25.1 Å². The lowest BCUT2D eigenvalue weighted by Crippen LogP contribution is -1.94. The number of nitrogens with one attached hydrogen (secondary N) is 1. The molecule has 0 fully saturated rings. The quantitative estimate of drug-likeness (QED) is 0.904. The Morgan fingerprint density at radius 3 is 2.87 bits per heavy atom. The number of aryl methyl sites for hydroxylation is 1. The maximum Gasteiger partial charge on any atom is 0.130 e. The SMILES string of the molecule is Cc1cc(Nc2cccnc2)ncc1Br. The summed E-state index contributed by atoms with van der Waals surface area (Å²) in [7, 11) is 0. The summed E-state index contributed by atoms with van der Waals surface area (Å²) in [4.78, 5) is 8.27. The molecule has 0 aromatic carbocycles. The summed E-state index contributed by atoms with van der Waals surface area (Å²) < 4.78 is 1.01. The van der Waals surface area contributed by atoms with Crippen LogP contribution in [0.15, 0.2) is 41.3 Å². The number of aromatic nitrogens is 2. The fourth-order valence-corrected chi connectivity index (χ4v) is 1.41. The molecule has 0 aliphatic carbocycles. The van der Waals surface area contributed by atoms with Crippen LogP contribution in [0.25, 0.3) is 0 Å². The van der Waals surface area contributed by atoms with E-state index in [1.165, 1.54) is 0 Å². The van der Waals surface area contributed by atoms with Crippen LogP contribution in [-0.4, -0.2) is 9.97 Å². The molecule has 3 nitrogen and oxygen atoms in total. The normalized spacial score (nSPS) is 10.0. The van der Waals surface area contributed by atoms with Gasteiger partial charge in [0.2, 0.25) is 0 Å². The first-order chi connectivity index (χ1) is 7.25. The van der Waals surface area contributed by atoms with Crippen molar-refractivity contribution in [2.75, 3.05) is 5.32 Å². The Hall–Kier alpha value is -1.42. The van der Waals surface area contributed by atoms with E-state index in [0.717, 1.165) is 21.5 Å². The van der Waals surface area contributed by atoms with Gasteiger partial charge >= 0.3 is 0 Å². The first kappa shape index (κ1) is 10.1. The second kappa shape index (κ2) is 4.40. The summed E-state index contributed by atoms with van der Waals surface area (Å²) >= 11 is 3.41. The molecule has 1 N–H and O–H groups in total. The van der Waals surface area contributed by atoms with Crippen LogP contribution in [0.2, 0.25) is 0 Å². The minimum Gasteiger partial charge on any atom is -0.339 e. The summed E-state index contributed by atoms with van der Waals surface area (Å²) in [6.07, 6.45) is 5.29. The third kappa shape index (κ3) is 2.53. The van der Waals surface area contributed by atoms with Crippen LogP contribution in [0.5, 0.6) is 0 Å². The first-order valence-corrected chi connectivity index (χ1v) is 5.34. The summed E-state index contributed by atoms with van der Waals surface area (Å²) in [5.41, 5.74) is 2.09. The summed E-state index contributed by atoms with van der Waals surface area (Å²) in [5.74, 6) is 0.823. The molecule has 0 aliphatic rings. The lowest BCUT2D eigenvalue weighted by molar-refractivity contribution is 1.24. The maximum absolute atomic E-state index is 4.25. The monoisotopic (exact) mass is 263 g/mol. The number of hydrogen-bond acceptors (Lipinski definition) is 3. The average molecular weight is 264 g/mol. The highest BCUT2D eigenvalue weighted by molar-refractivity contribution is 9.10.